The number of hydrogen-bond acceptors (Lipinski definition) is 6. The highest BCUT2D eigenvalue weighted by Gasteiger charge is 2.36. The topological polar surface area (TPSA) is 110 Å². The average Bonchev–Trinajstić information content (AvgIpc) is 2.97. The Morgan fingerprint density at radius 2 is 1.88 bits per heavy atom. The molecule has 1 aromatic heterocycles. The molecule has 2 unspecified atom stereocenters. The van der Waals surface area contributed by atoms with Crippen molar-refractivity contribution in [3.63, 3.8) is 0 Å². The molecule has 2 rings (SSSR count). The molecule has 0 spiro atoms. The second kappa shape index (κ2) is 6.51. The van der Waals surface area contributed by atoms with E-state index in [0.29, 0.717) is 16.8 Å². The Morgan fingerprint density at radius 1 is 1.25 bits per heavy atom. The number of nitrogens with one attached hydrogen (secondary N) is 1. The van der Waals surface area contributed by atoms with Crippen LogP contribution >= 0.6 is 0 Å². The van der Waals surface area contributed by atoms with E-state index >= 15 is 0 Å². The summed E-state index contributed by atoms with van der Waals surface area (Å²) in [5, 5.41) is 0. The van der Waals surface area contributed by atoms with E-state index in [4.69, 9.17) is 4.74 Å². The molecule has 2 atom stereocenters. The summed E-state index contributed by atoms with van der Waals surface area (Å²) in [6.07, 6.45) is -0.839. The number of Topliss-reactive ketones (excluding diaryl/α,β-unsaturated/α-hetero) is 2. The standard InChI is InChI=1S/C16H21NO6S/c1-8-13(10(3)18)9(2)17-14(8)15(19)11(4)23-16(20)12-5-6-24(21,22)7-12/h11-12,17H,5-7H2,1-4H3. The lowest BCUT2D eigenvalue weighted by atomic mass is 10.0. The molecule has 0 aliphatic carbocycles. The summed E-state index contributed by atoms with van der Waals surface area (Å²) in [5.74, 6) is -2.26. The maximum absolute atomic E-state index is 12.5. The third kappa shape index (κ3) is 3.58. The largest absolute Gasteiger partial charge is 0.454 e. The van der Waals surface area contributed by atoms with Crippen molar-refractivity contribution >= 4 is 27.4 Å². The molecular formula is C16H21NO6S. The highest BCUT2D eigenvalue weighted by Crippen LogP contribution is 2.23. The molecule has 0 bridgehead atoms. The number of aryl methyl sites for hydroxylation is 1. The second-order valence-corrected chi connectivity index (χ2v) is 8.45. The van der Waals surface area contributed by atoms with Gasteiger partial charge in [0.25, 0.3) is 0 Å². The highest BCUT2D eigenvalue weighted by atomic mass is 32.2. The predicted octanol–water partition coefficient (Wildman–Crippen LogP) is 1.38. The number of carbonyl (C=O) groups excluding carboxylic acids is 3. The number of esters is 1. The minimum Gasteiger partial charge on any atom is -0.454 e. The molecule has 24 heavy (non-hydrogen) atoms. The zero-order valence-corrected chi connectivity index (χ0v) is 15.0. The van der Waals surface area contributed by atoms with Crippen molar-refractivity contribution in [1.82, 2.24) is 4.98 Å². The highest BCUT2D eigenvalue weighted by molar-refractivity contribution is 7.91. The van der Waals surface area contributed by atoms with Gasteiger partial charge in [-0.15, -0.1) is 0 Å². The van der Waals surface area contributed by atoms with Crippen molar-refractivity contribution in [2.24, 2.45) is 5.92 Å². The lowest BCUT2D eigenvalue weighted by molar-refractivity contribution is -0.150. The van der Waals surface area contributed by atoms with Crippen molar-refractivity contribution in [2.45, 2.75) is 40.2 Å². The van der Waals surface area contributed by atoms with Gasteiger partial charge in [0.15, 0.2) is 21.7 Å². The zero-order valence-electron chi connectivity index (χ0n) is 14.1. The Morgan fingerprint density at radius 3 is 2.33 bits per heavy atom. The minimum absolute atomic E-state index is 0.0357. The molecule has 1 aliphatic heterocycles. The number of ketones is 2. The summed E-state index contributed by atoms with van der Waals surface area (Å²) in [7, 11) is -3.20. The molecule has 1 N–H and O–H groups in total. The lowest BCUT2D eigenvalue weighted by Crippen LogP contribution is -2.29. The third-order valence-corrected chi connectivity index (χ3v) is 6.03. The first kappa shape index (κ1) is 18.4. The van der Waals surface area contributed by atoms with Gasteiger partial charge in [0.05, 0.1) is 23.1 Å². The summed E-state index contributed by atoms with van der Waals surface area (Å²) < 4.78 is 28.0. The van der Waals surface area contributed by atoms with Gasteiger partial charge in [-0.1, -0.05) is 0 Å². The maximum Gasteiger partial charge on any atom is 0.310 e. The monoisotopic (exact) mass is 355 g/mol. The molecule has 7 nitrogen and oxygen atoms in total. The molecule has 1 aromatic rings. The maximum atomic E-state index is 12.5. The van der Waals surface area contributed by atoms with Gasteiger partial charge in [-0.05, 0) is 39.7 Å². The van der Waals surface area contributed by atoms with Gasteiger partial charge < -0.3 is 9.72 Å². The van der Waals surface area contributed by atoms with E-state index in [0.717, 1.165) is 0 Å². The van der Waals surface area contributed by atoms with Crippen LogP contribution in [0.15, 0.2) is 0 Å². The van der Waals surface area contributed by atoms with Crippen molar-refractivity contribution in [3.05, 3.63) is 22.5 Å². The van der Waals surface area contributed by atoms with E-state index in [2.05, 4.69) is 4.98 Å². The smallest absolute Gasteiger partial charge is 0.310 e. The van der Waals surface area contributed by atoms with Crippen LogP contribution in [0, 0.1) is 19.8 Å². The van der Waals surface area contributed by atoms with Gasteiger partial charge in [-0.25, -0.2) is 8.42 Å². The number of sulfone groups is 1. The summed E-state index contributed by atoms with van der Waals surface area (Å²) >= 11 is 0. The van der Waals surface area contributed by atoms with Crippen LogP contribution in [0.25, 0.3) is 0 Å². The van der Waals surface area contributed by atoms with E-state index in [-0.39, 0.29) is 29.4 Å². The summed E-state index contributed by atoms with van der Waals surface area (Å²) in [5.41, 5.74) is 1.80. The van der Waals surface area contributed by atoms with Crippen LogP contribution in [0.3, 0.4) is 0 Å². The quantitative estimate of drug-likeness (QED) is 0.631. The minimum atomic E-state index is -3.20. The zero-order chi connectivity index (χ0) is 18.2. The number of H-pyrrole nitrogens is 1. The summed E-state index contributed by atoms with van der Waals surface area (Å²) in [6, 6.07) is 0. The van der Waals surface area contributed by atoms with Crippen LogP contribution < -0.4 is 0 Å². The lowest BCUT2D eigenvalue weighted by Gasteiger charge is -2.14. The SMILES string of the molecule is CC(=O)c1c(C)[nH]c(C(=O)C(C)OC(=O)C2CCS(=O)(=O)C2)c1C. The first-order valence-electron chi connectivity index (χ1n) is 7.68. The molecule has 0 radical (unpaired) electrons. The Bertz CT molecular complexity index is 805. The van der Waals surface area contributed by atoms with E-state index in [1.807, 2.05) is 0 Å². The van der Waals surface area contributed by atoms with Gasteiger partial charge >= 0.3 is 5.97 Å². The van der Waals surface area contributed by atoms with Crippen LogP contribution in [0.5, 0.6) is 0 Å². The Balaban J connectivity index is 2.12. The molecule has 1 fully saturated rings. The number of carbonyl (C=O) groups is 3. The normalized spacial score (nSPS) is 20.6. The molecule has 132 valence electrons. The molecule has 0 aromatic carbocycles. The first-order valence-corrected chi connectivity index (χ1v) is 9.51. The predicted molar refractivity (Wildman–Crippen MR) is 86.9 cm³/mol. The van der Waals surface area contributed by atoms with Crippen molar-refractivity contribution in [1.29, 1.82) is 0 Å². The van der Waals surface area contributed by atoms with Gasteiger partial charge in [0.2, 0.25) is 5.78 Å². The molecule has 8 heteroatoms. The van der Waals surface area contributed by atoms with Crippen LogP contribution in [-0.2, 0) is 19.4 Å². The fourth-order valence-electron chi connectivity index (χ4n) is 3.03. The first-order chi connectivity index (χ1) is 11.0. The van der Waals surface area contributed by atoms with Gasteiger partial charge in [-0.3, -0.25) is 14.4 Å². The summed E-state index contributed by atoms with van der Waals surface area (Å²) in [6.45, 7) is 6.21. The van der Waals surface area contributed by atoms with E-state index in [1.54, 1.807) is 13.8 Å². The Kier molecular flexibility index (Phi) is 4.98. The van der Waals surface area contributed by atoms with Crippen LogP contribution in [0.4, 0.5) is 0 Å². The van der Waals surface area contributed by atoms with Crippen molar-refractivity contribution in [3.8, 4) is 0 Å². The molecule has 0 saturated carbocycles. The van der Waals surface area contributed by atoms with Crippen LogP contribution in [-0.4, -0.2) is 48.5 Å². The number of ether oxygens (including phenoxy) is 1. The van der Waals surface area contributed by atoms with Gasteiger partial charge in [0, 0.05) is 11.3 Å². The van der Waals surface area contributed by atoms with E-state index < -0.39 is 33.6 Å². The summed E-state index contributed by atoms with van der Waals surface area (Å²) in [4.78, 5) is 39.0. The number of aromatic nitrogens is 1. The third-order valence-electron chi connectivity index (χ3n) is 4.26. The molecule has 2 heterocycles. The van der Waals surface area contributed by atoms with Crippen molar-refractivity contribution in [2.75, 3.05) is 11.5 Å². The Labute approximate surface area is 140 Å². The fourth-order valence-corrected chi connectivity index (χ4v) is 4.76. The average molecular weight is 355 g/mol. The molecule has 1 saturated heterocycles. The Hall–Kier alpha value is -1.96. The van der Waals surface area contributed by atoms with Crippen LogP contribution in [0.2, 0.25) is 0 Å². The number of aromatic amines is 1. The van der Waals surface area contributed by atoms with Crippen LogP contribution in [0.1, 0.15) is 52.4 Å². The fraction of sp³-hybridized carbons (Fsp3) is 0.562. The van der Waals surface area contributed by atoms with Gasteiger partial charge in [-0.2, -0.15) is 0 Å². The number of rotatable bonds is 5. The second-order valence-electron chi connectivity index (χ2n) is 6.22. The molecule has 1 aliphatic rings. The van der Waals surface area contributed by atoms with E-state index in [1.165, 1.54) is 13.8 Å². The van der Waals surface area contributed by atoms with Crippen molar-refractivity contribution < 1.29 is 27.5 Å². The molecule has 0 amide bonds. The number of hydrogen-bond donors (Lipinski definition) is 1. The van der Waals surface area contributed by atoms with E-state index in [9.17, 15) is 22.8 Å². The van der Waals surface area contributed by atoms with Gasteiger partial charge in [0.1, 0.15) is 0 Å². The molecular weight excluding hydrogens is 334 g/mol.